The van der Waals surface area contributed by atoms with Crippen LogP contribution < -0.4 is 0 Å². The van der Waals surface area contributed by atoms with Gasteiger partial charge in [0.05, 0.1) is 0 Å². The fourth-order valence-corrected chi connectivity index (χ4v) is 4.22. The van der Waals surface area contributed by atoms with Gasteiger partial charge in [-0.05, 0) is 61.7 Å². The zero-order valence-electron chi connectivity index (χ0n) is 7.40. The minimum absolute atomic E-state index is 0.763. The molecule has 0 aromatic heterocycles. The molecule has 4 aliphatic rings. The summed E-state index contributed by atoms with van der Waals surface area (Å²) in [4.78, 5) is 0. The van der Waals surface area contributed by atoms with Crippen LogP contribution in [0.25, 0.3) is 0 Å². The standard InChI is InChI=1S/C11H17/c1-11-5-8-2-9(6-11)4-10(3-8)7-11/h8-9H,2-7H2,1H3. The van der Waals surface area contributed by atoms with E-state index >= 15 is 0 Å². The molecule has 61 valence electrons. The molecule has 11 heavy (non-hydrogen) atoms. The first-order chi connectivity index (χ1) is 5.23. The topological polar surface area (TPSA) is 0 Å². The van der Waals surface area contributed by atoms with Crippen molar-refractivity contribution >= 4 is 0 Å². The van der Waals surface area contributed by atoms with E-state index in [-0.39, 0.29) is 0 Å². The Bertz CT molecular complexity index is 145. The van der Waals surface area contributed by atoms with Crippen molar-refractivity contribution < 1.29 is 0 Å². The first kappa shape index (κ1) is 6.51. The van der Waals surface area contributed by atoms with E-state index in [2.05, 4.69) is 6.92 Å². The molecule has 0 aromatic carbocycles. The smallest absolute Gasteiger partial charge is 0.0230 e. The van der Waals surface area contributed by atoms with Gasteiger partial charge in [0.25, 0.3) is 0 Å². The molecule has 2 atom stereocenters. The maximum Gasteiger partial charge on any atom is -0.0230 e. The quantitative estimate of drug-likeness (QED) is 0.496. The van der Waals surface area contributed by atoms with Gasteiger partial charge in [-0.1, -0.05) is 6.92 Å². The van der Waals surface area contributed by atoms with Crippen molar-refractivity contribution in [1.82, 2.24) is 0 Å². The zero-order valence-corrected chi connectivity index (χ0v) is 7.40. The minimum Gasteiger partial charge on any atom is -0.0596 e. The van der Waals surface area contributed by atoms with Crippen molar-refractivity contribution in [2.75, 3.05) is 0 Å². The molecule has 0 amide bonds. The summed E-state index contributed by atoms with van der Waals surface area (Å²) in [6, 6.07) is 0. The highest BCUT2D eigenvalue weighted by molar-refractivity contribution is 5.12. The second kappa shape index (κ2) is 1.84. The molecule has 0 aliphatic heterocycles. The fourth-order valence-electron chi connectivity index (χ4n) is 4.22. The average Bonchev–Trinajstić information content (AvgIpc) is 1.79. The lowest BCUT2D eigenvalue weighted by atomic mass is 9.50. The van der Waals surface area contributed by atoms with Crippen LogP contribution in [-0.4, -0.2) is 0 Å². The maximum atomic E-state index is 2.52. The predicted molar refractivity (Wildman–Crippen MR) is 46.0 cm³/mol. The Balaban J connectivity index is 1.94. The Morgan fingerprint density at radius 3 is 2.27 bits per heavy atom. The lowest BCUT2D eigenvalue weighted by Gasteiger charge is -2.55. The lowest BCUT2D eigenvalue weighted by Crippen LogP contribution is -2.43. The molecule has 0 saturated heterocycles. The summed E-state index contributed by atoms with van der Waals surface area (Å²) in [5.41, 5.74) is 0.763. The van der Waals surface area contributed by atoms with Crippen molar-refractivity contribution in [1.29, 1.82) is 0 Å². The van der Waals surface area contributed by atoms with Crippen molar-refractivity contribution in [2.24, 2.45) is 17.3 Å². The highest BCUT2D eigenvalue weighted by atomic mass is 14.5. The molecule has 4 rings (SSSR count). The van der Waals surface area contributed by atoms with Gasteiger partial charge in [0, 0.05) is 0 Å². The van der Waals surface area contributed by atoms with E-state index in [4.69, 9.17) is 0 Å². The van der Waals surface area contributed by atoms with Crippen LogP contribution in [0.1, 0.15) is 45.4 Å². The van der Waals surface area contributed by atoms with Gasteiger partial charge >= 0.3 is 0 Å². The Morgan fingerprint density at radius 1 is 1.18 bits per heavy atom. The molecule has 4 bridgehead atoms. The average molecular weight is 149 g/mol. The van der Waals surface area contributed by atoms with Gasteiger partial charge in [0.2, 0.25) is 0 Å². The van der Waals surface area contributed by atoms with E-state index in [0.717, 1.165) is 17.3 Å². The number of hydrogen-bond acceptors (Lipinski definition) is 0. The van der Waals surface area contributed by atoms with Crippen LogP contribution in [-0.2, 0) is 0 Å². The van der Waals surface area contributed by atoms with Gasteiger partial charge < -0.3 is 0 Å². The van der Waals surface area contributed by atoms with Crippen LogP contribution in [0.2, 0.25) is 0 Å². The van der Waals surface area contributed by atoms with E-state index in [1.165, 1.54) is 19.3 Å². The van der Waals surface area contributed by atoms with Gasteiger partial charge in [-0.15, -0.1) is 0 Å². The molecular weight excluding hydrogens is 132 g/mol. The van der Waals surface area contributed by atoms with E-state index in [0.29, 0.717) is 0 Å². The summed E-state index contributed by atoms with van der Waals surface area (Å²) in [7, 11) is 0. The van der Waals surface area contributed by atoms with E-state index in [1.807, 2.05) is 5.92 Å². The molecular formula is C11H17. The summed E-state index contributed by atoms with van der Waals surface area (Å²) in [5.74, 6) is 4.14. The van der Waals surface area contributed by atoms with Crippen LogP contribution in [0.15, 0.2) is 0 Å². The normalized spacial score (nSPS) is 55.4. The Morgan fingerprint density at radius 2 is 1.82 bits per heavy atom. The van der Waals surface area contributed by atoms with Gasteiger partial charge in [0.1, 0.15) is 0 Å². The molecule has 0 heterocycles. The Labute approximate surface area is 69.4 Å². The van der Waals surface area contributed by atoms with Crippen molar-refractivity contribution in [2.45, 2.75) is 45.4 Å². The molecule has 2 unspecified atom stereocenters. The first-order valence-electron chi connectivity index (χ1n) is 5.07. The molecule has 0 aromatic rings. The summed E-state index contributed by atoms with van der Waals surface area (Å²) in [6.45, 7) is 2.52. The SMILES string of the molecule is CC12C[C]3CC(CC(C3)C1)C2. The largest absolute Gasteiger partial charge is 0.0596 e. The molecule has 0 N–H and O–H groups in total. The van der Waals surface area contributed by atoms with E-state index in [9.17, 15) is 0 Å². The fraction of sp³-hybridized carbons (Fsp3) is 0.909. The molecule has 0 nitrogen and oxygen atoms in total. The second-order valence-electron chi connectivity index (χ2n) is 5.52. The third kappa shape index (κ3) is 0.878. The zero-order chi connectivity index (χ0) is 7.47. The van der Waals surface area contributed by atoms with Gasteiger partial charge in [0.15, 0.2) is 0 Å². The number of hydrogen-bond donors (Lipinski definition) is 0. The van der Waals surface area contributed by atoms with Crippen LogP contribution in [0.5, 0.6) is 0 Å². The van der Waals surface area contributed by atoms with Crippen LogP contribution in [0.4, 0.5) is 0 Å². The predicted octanol–water partition coefficient (Wildman–Crippen LogP) is 3.18. The van der Waals surface area contributed by atoms with Crippen molar-refractivity contribution in [3.63, 3.8) is 0 Å². The number of rotatable bonds is 0. The molecule has 4 fully saturated rings. The second-order valence-corrected chi connectivity index (χ2v) is 5.52. The molecule has 0 spiro atoms. The summed E-state index contributed by atoms with van der Waals surface area (Å²) >= 11 is 0. The van der Waals surface area contributed by atoms with E-state index < -0.39 is 0 Å². The van der Waals surface area contributed by atoms with Gasteiger partial charge in [-0.3, -0.25) is 0 Å². The van der Waals surface area contributed by atoms with Crippen LogP contribution in [0, 0.1) is 23.2 Å². The Hall–Kier alpha value is 0. The summed E-state index contributed by atoms with van der Waals surface area (Å²) in [6.07, 6.45) is 9.16. The molecule has 4 saturated carbocycles. The molecule has 1 radical (unpaired) electrons. The minimum atomic E-state index is 0.763. The Kier molecular flexibility index (Phi) is 1.09. The van der Waals surface area contributed by atoms with Crippen LogP contribution >= 0.6 is 0 Å². The third-order valence-corrected chi connectivity index (χ3v) is 4.06. The lowest BCUT2D eigenvalue weighted by molar-refractivity contribution is 0.0202. The van der Waals surface area contributed by atoms with Crippen LogP contribution in [0.3, 0.4) is 0 Å². The summed E-state index contributed by atoms with van der Waals surface area (Å²) < 4.78 is 0. The van der Waals surface area contributed by atoms with Gasteiger partial charge in [-0.2, -0.15) is 0 Å². The highest BCUT2D eigenvalue weighted by Crippen LogP contribution is 2.60. The summed E-state index contributed by atoms with van der Waals surface area (Å²) in [5, 5.41) is 0. The monoisotopic (exact) mass is 149 g/mol. The van der Waals surface area contributed by atoms with Crippen molar-refractivity contribution in [3.8, 4) is 0 Å². The maximum absolute atomic E-state index is 2.52. The van der Waals surface area contributed by atoms with Gasteiger partial charge in [-0.25, -0.2) is 0 Å². The highest BCUT2D eigenvalue weighted by Gasteiger charge is 2.48. The first-order valence-corrected chi connectivity index (χ1v) is 5.07. The molecule has 4 aliphatic carbocycles. The molecule has 0 heteroatoms. The third-order valence-electron chi connectivity index (χ3n) is 4.06. The van der Waals surface area contributed by atoms with Crippen molar-refractivity contribution in [3.05, 3.63) is 5.92 Å². The van der Waals surface area contributed by atoms with E-state index in [1.54, 1.807) is 19.3 Å².